The number of hydrogen-bond acceptors (Lipinski definition) is 5. The number of halogens is 1. The molecule has 1 aliphatic heterocycles. The van der Waals surface area contributed by atoms with Crippen molar-refractivity contribution in [3.63, 3.8) is 0 Å². The number of anilines is 1. The van der Waals surface area contributed by atoms with E-state index < -0.39 is 0 Å². The van der Waals surface area contributed by atoms with Gasteiger partial charge in [-0.25, -0.2) is 4.39 Å². The third-order valence-electron chi connectivity index (χ3n) is 4.51. The van der Waals surface area contributed by atoms with Crippen LogP contribution in [-0.2, 0) is 4.79 Å². The first kappa shape index (κ1) is 18.8. The molecule has 1 aliphatic rings. The van der Waals surface area contributed by atoms with Gasteiger partial charge in [-0.1, -0.05) is 0 Å². The largest absolute Gasteiger partial charge is 0.496 e. The number of amides is 1. The predicted molar refractivity (Wildman–Crippen MR) is 100 cm³/mol. The average molecular weight is 374 g/mol. The molecule has 2 aromatic carbocycles. The second kappa shape index (κ2) is 8.62. The lowest BCUT2D eigenvalue weighted by Crippen LogP contribution is -2.50. The van der Waals surface area contributed by atoms with Crippen molar-refractivity contribution in [1.29, 1.82) is 0 Å². The van der Waals surface area contributed by atoms with E-state index in [0.717, 1.165) is 5.69 Å². The van der Waals surface area contributed by atoms with E-state index in [1.165, 1.54) is 12.1 Å². The number of carbonyl (C=O) groups excluding carboxylic acids is 1. The van der Waals surface area contributed by atoms with Crippen LogP contribution < -0.4 is 19.1 Å². The second-order valence-electron chi connectivity index (χ2n) is 6.18. The summed E-state index contributed by atoms with van der Waals surface area (Å²) >= 11 is 0. The molecule has 0 spiro atoms. The molecule has 2 aromatic rings. The summed E-state index contributed by atoms with van der Waals surface area (Å²) in [6.07, 6.45) is 0. The van der Waals surface area contributed by atoms with Gasteiger partial charge in [0.2, 0.25) is 0 Å². The van der Waals surface area contributed by atoms with Crippen LogP contribution in [0.2, 0.25) is 0 Å². The molecule has 3 rings (SSSR count). The molecule has 6 nitrogen and oxygen atoms in total. The first-order valence-corrected chi connectivity index (χ1v) is 8.73. The number of hydrogen-bond donors (Lipinski definition) is 0. The van der Waals surface area contributed by atoms with Gasteiger partial charge in [0.1, 0.15) is 23.1 Å². The standard InChI is InChI=1S/C20H23FN2O4/c1-25-17-11-18(26-2)13-19(12-17)27-14-20(24)23-9-7-22(8-10-23)16-5-3-15(21)4-6-16/h3-6,11-13H,7-10,14H2,1-2H3. The van der Waals surface area contributed by atoms with Crippen LogP contribution in [0.15, 0.2) is 42.5 Å². The van der Waals surface area contributed by atoms with E-state index in [9.17, 15) is 9.18 Å². The Bertz CT molecular complexity index is 752. The van der Waals surface area contributed by atoms with Crippen LogP contribution in [0.25, 0.3) is 0 Å². The number of nitrogens with zero attached hydrogens (tertiary/aromatic N) is 2. The van der Waals surface area contributed by atoms with Gasteiger partial charge in [-0.2, -0.15) is 0 Å². The number of rotatable bonds is 6. The molecule has 27 heavy (non-hydrogen) atoms. The Kier molecular flexibility index (Phi) is 6.01. The molecule has 0 atom stereocenters. The molecule has 1 fully saturated rings. The highest BCUT2D eigenvalue weighted by Crippen LogP contribution is 2.27. The van der Waals surface area contributed by atoms with E-state index in [0.29, 0.717) is 43.4 Å². The molecule has 0 aliphatic carbocycles. The molecule has 1 saturated heterocycles. The zero-order valence-corrected chi connectivity index (χ0v) is 15.5. The van der Waals surface area contributed by atoms with Crippen LogP contribution >= 0.6 is 0 Å². The maximum atomic E-state index is 13.0. The van der Waals surface area contributed by atoms with Gasteiger partial charge in [0.25, 0.3) is 5.91 Å². The Morgan fingerprint density at radius 1 is 0.926 bits per heavy atom. The van der Waals surface area contributed by atoms with Gasteiger partial charge >= 0.3 is 0 Å². The summed E-state index contributed by atoms with van der Waals surface area (Å²) < 4.78 is 29.1. The van der Waals surface area contributed by atoms with Crippen LogP contribution in [0, 0.1) is 5.82 Å². The molecule has 0 unspecified atom stereocenters. The van der Waals surface area contributed by atoms with E-state index in [-0.39, 0.29) is 18.3 Å². The molecule has 1 heterocycles. The maximum Gasteiger partial charge on any atom is 0.260 e. The van der Waals surface area contributed by atoms with Gasteiger partial charge < -0.3 is 24.0 Å². The SMILES string of the molecule is COc1cc(OC)cc(OCC(=O)N2CCN(c3ccc(F)cc3)CC2)c1. The van der Waals surface area contributed by atoms with Crippen molar-refractivity contribution >= 4 is 11.6 Å². The maximum absolute atomic E-state index is 13.0. The predicted octanol–water partition coefficient (Wildman–Crippen LogP) is 2.57. The molecule has 1 amide bonds. The van der Waals surface area contributed by atoms with Gasteiger partial charge in [0.15, 0.2) is 6.61 Å². The van der Waals surface area contributed by atoms with Crippen LogP contribution in [0.3, 0.4) is 0 Å². The number of benzene rings is 2. The minimum absolute atomic E-state index is 0.0487. The summed E-state index contributed by atoms with van der Waals surface area (Å²) in [4.78, 5) is 16.3. The number of carbonyl (C=O) groups is 1. The van der Waals surface area contributed by atoms with Crippen LogP contribution in [0.4, 0.5) is 10.1 Å². The molecule has 0 N–H and O–H groups in total. The normalized spacial score (nSPS) is 14.0. The Balaban J connectivity index is 1.52. The van der Waals surface area contributed by atoms with E-state index in [4.69, 9.17) is 14.2 Å². The van der Waals surface area contributed by atoms with Crippen LogP contribution in [-0.4, -0.2) is 57.8 Å². The smallest absolute Gasteiger partial charge is 0.260 e. The van der Waals surface area contributed by atoms with Crippen molar-refractivity contribution in [3.8, 4) is 17.2 Å². The zero-order chi connectivity index (χ0) is 19.2. The fourth-order valence-electron chi connectivity index (χ4n) is 2.97. The molecule has 0 radical (unpaired) electrons. The van der Waals surface area contributed by atoms with E-state index in [1.54, 1.807) is 49.5 Å². The third-order valence-corrected chi connectivity index (χ3v) is 4.51. The zero-order valence-electron chi connectivity index (χ0n) is 15.5. The highest BCUT2D eigenvalue weighted by Gasteiger charge is 2.21. The van der Waals surface area contributed by atoms with Gasteiger partial charge in [0.05, 0.1) is 14.2 Å². The van der Waals surface area contributed by atoms with E-state index >= 15 is 0 Å². The summed E-state index contributed by atoms with van der Waals surface area (Å²) in [6, 6.07) is 11.6. The first-order valence-electron chi connectivity index (χ1n) is 8.73. The number of methoxy groups -OCH3 is 2. The summed E-state index contributed by atoms with van der Waals surface area (Å²) in [5.41, 5.74) is 0.961. The monoisotopic (exact) mass is 374 g/mol. The van der Waals surface area contributed by atoms with Crippen molar-refractivity contribution in [1.82, 2.24) is 4.90 Å². The average Bonchev–Trinajstić information content (AvgIpc) is 2.72. The fourth-order valence-corrected chi connectivity index (χ4v) is 2.97. The summed E-state index contributed by atoms with van der Waals surface area (Å²) in [6.45, 7) is 2.55. The van der Waals surface area contributed by atoms with Gasteiger partial charge in [0, 0.05) is 50.1 Å². The van der Waals surface area contributed by atoms with Crippen molar-refractivity contribution in [2.45, 2.75) is 0 Å². The van der Waals surface area contributed by atoms with Gasteiger partial charge in [-0.3, -0.25) is 4.79 Å². The molecule has 144 valence electrons. The molecule has 0 aromatic heterocycles. The summed E-state index contributed by atoms with van der Waals surface area (Å²) in [7, 11) is 3.12. The number of ether oxygens (including phenoxy) is 3. The number of piperazine rings is 1. The summed E-state index contributed by atoms with van der Waals surface area (Å²) in [5, 5.41) is 0. The fraction of sp³-hybridized carbons (Fsp3) is 0.350. The summed E-state index contributed by atoms with van der Waals surface area (Å²) in [5.74, 6) is 1.40. The van der Waals surface area contributed by atoms with Gasteiger partial charge in [-0.05, 0) is 24.3 Å². The highest BCUT2D eigenvalue weighted by molar-refractivity contribution is 5.78. The Labute approximate surface area is 158 Å². The lowest BCUT2D eigenvalue weighted by Gasteiger charge is -2.36. The molecule has 0 saturated carbocycles. The molecule has 0 bridgehead atoms. The molecular formula is C20H23FN2O4. The lowest BCUT2D eigenvalue weighted by molar-refractivity contribution is -0.133. The Hall–Kier alpha value is -2.96. The van der Waals surface area contributed by atoms with Gasteiger partial charge in [-0.15, -0.1) is 0 Å². The molecule has 7 heteroatoms. The van der Waals surface area contributed by atoms with Crippen molar-refractivity contribution in [2.75, 3.05) is 51.9 Å². The lowest BCUT2D eigenvalue weighted by atomic mass is 10.2. The Morgan fingerprint density at radius 3 is 2.04 bits per heavy atom. The Morgan fingerprint density at radius 2 is 1.48 bits per heavy atom. The van der Waals surface area contributed by atoms with Crippen molar-refractivity contribution in [3.05, 3.63) is 48.3 Å². The van der Waals surface area contributed by atoms with Crippen molar-refractivity contribution < 1.29 is 23.4 Å². The third kappa shape index (κ3) is 4.81. The van der Waals surface area contributed by atoms with Crippen molar-refractivity contribution in [2.24, 2.45) is 0 Å². The van der Waals surface area contributed by atoms with Crippen LogP contribution in [0.1, 0.15) is 0 Å². The van der Waals surface area contributed by atoms with Crippen LogP contribution in [0.5, 0.6) is 17.2 Å². The first-order chi connectivity index (χ1) is 13.1. The van der Waals surface area contributed by atoms with E-state index in [1.807, 2.05) is 0 Å². The second-order valence-corrected chi connectivity index (χ2v) is 6.18. The minimum atomic E-state index is -0.251. The molecular weight excluding hydrogens is 351 g/mol. The minimum Gasteiger partial charge on any atom is -0.496 e. The van der Waals surface area contributed by atoms with E-state index in [2.05, 4.69) is 4.90 Å². The quantitative estimate of drug-likeness (QED) is 0.778. The topological polar surface area (TPSA) is 51.2 Å². The highest BCUT2D eigenvalue weighted by atomic mass is 19.1.